The molecule has 3 atom stereocenters. The fourth-order valence-electron chi connectivity index (χ4n) is 6.39. The summed E-state index contributed by atoms with van der Waals surface area (Å²) in [4.78, 5) is 33.4. The van der Waals surface area contributed by atoms with Crippen LogP contribution in [0.2, 0.25) is 0 Å². The van der Waals surface area contributed by atoms with Crippen LogP contribution in [0, 0.1) is 11.8 Å². The fraction of sp³-hybridized carbons (Fsp3) is 0.410. The summed E-state index contributed by atoms with van der Waals surface area (Å²) in [6.45, 7) is 2.69. The molecule has 0 aliphatic carbocycles. The minimum absolute atomic E-state index is 0.0537. The Morgan fingerprint density at radius 1 is 0.787 bits per heavy atom. The van der Waals surface area contributed by atoms with E-state index in [0.717, 1.165) is 49.4 Å². The monoisotopic (exact) mass is 636 g/mol. The Labute approximate surface area is 278 Å². The third-order valence-electron chi connectivity index (χ3n) is 8.94. The van der Waals surface area contributed by atoms with Crippen molar-refractivity contribution in [2.45, 2.75) is 51.0 Å². The van der Waals surface area contributed by atoms with E-state index < -0.39 is 17.9 Å². The molecule has 47 heavy (non-hydrogen) atoms. The molecule has 0 saturated carbocycles. The molecule has 1 saturated heterocycles. The van der Waals surface area contributed by atoms with Crippen molar-refractivity contribution in [1.82, 2.24) is 20.5 Å². The van der Waals surface area contributed by atoms with Gasteiger partial charge in [-0.05, 0) is 86.9 Å². The van der Waals surface area contributed by atoms with Crippen molar-refractivity contribution in [3.05, 3.63) is 108 Å². The SMILES string of the molecule is O=C(NCCCCc1ccccc1)C1CN(C[C@@H](O)COc2cccc3ncccc23)CC[C@H]1C(=O)NCCCCc1ccccc1. The van der Waals surface area contributed by atoms with Crippen LogP contribution in [0.25, 0.3) is 10.9 Å². The van der Waals surface area contributed by atoms with E-state index in [2.05, 4.69) is 44.8 Å². The lowest BCUT2D eigenvalue weighted by Crippen LogP contribution is -2.53. The lowest BCUT2D eigenvalue weighted by molar-refractivity contribution is -0.138. The number of aliphatic hydroxyl groups excluding tert-OH is 1. The van der Waals surface area contributed by atoms with Gasteiger partial charge in [-0.3, -0.25) is 19.5 Å². The minimum atomic E-state index is -0.751. The summed E-state index contributed by atoms with van der Waals surface area (Å²) in [5.74, 6) is -0.353. The van der Waals surface area contributed by atoms with Crippen LogP contribution in [0.1, 0.15) is 43.2 Å². The number of aliphatic hydroxyl groups is 1. The van der Waals surface area contributed by atoms with Crippen LogP contribution in [0.5, 0.6) is 5.75 Å². The van der Waals surface area contributed by atoms with Gasteiger partial charge in [0, 0.05) is 37.8 Å². The molecule has 0 bridgehead atoms. The number of amides is 2. The fourth-order valence-corrected chi connectivity index (χ4v) is 6.39. The molecule has 4 aromatic rings. The van der Waals surface area contributed by atoms with Gasteiger partial charge in [-0.25, -0.2) is 0 Å². The molecule has 2 amide bonds. The quantitative estimate of drug-likeness (QED) is 0.138. The Morgan fingerprint density at radius 2 is 1.43 bits per heavy atom. The molecular weight excluding hydrogens is 588 g/mol. The average Bonchev–Trinajstić information content (AvgIpc) is 3.11. The van der Waals surface area contributed by atoms with Crippen LogP contribution in [0.4, 0.5) is 0 Å². The highest BCUT2D eigenvalue weighted by Crippen LogP contribution is 2.26. The number of β-amino-alcohol motifs (C(OH)–C–C–N with tert-alkyl or cyclic N) is 1. The summed E-state index contributed by atoms with van der Waals surface area (Å²) in [6.07, 6.45) is 7.23. The van der Waals surface area contributed by atoms with Crippen molar-refractivity contribution in [1.29, 1.82) is 0 Å². The number of hydrogen-bond acceptors (Lipinski definition) is 6. The van der Waals surface area contributed by atoms with E-state index in [4.69, 9.17) is 4.74 Å². The first-order valence-electron chi connectivity index (χ1n) is 17.1. The van der Waals surface area contributed by atoms with Crippen molar-refractivity contribution in [3.8, 4) is 5.75 Å². The van der Waals surface area contributed by atoms with Crippen LogP contribution in [0.15, 0.2) is 97.2 Å². The number of nitrogens with zero attached hydrogens (tertiary/aromatic N) is 2. The van der Waals surface area contributed by atoms with Crippen LogP contribution in [-0.4, -0.2) is 72.2 Å². The van der Waals surface area contributed by atoms with Crippen molar-refractivity contribution < 1.29 is 19.4 Å². The predicted octanol–water partition coefficient (Wildman–Crippen LogP) is 5.19. The molecule has 248 valence electrons. The third-order valence-corrected chi connectivity index (χ3v) is 8.94. The predicted molar refractivity (Wildman–Crippen MR) is 186 cm³/mol. The maximum Gasteiger partial charge on any atom is 0.225 e. The van der Waals surface area contributed by atoms with E-state index in [0.29, 0.717) is 44.9 Å². The van der Waals surface area contributed by atoms with Gasteiger partial charge in [0.15, 0.2) is 0 Å². The first kappa shape index (κ1) is 34.1. The Balaban J connectivity index is 1.12. The van der Waals surface area contributed by atoms with E-state index in [1.165, 1.54) is 11.1 Å². The highest BCUT2D eigenvalue weighted by Gasteiger charge is 2.38. The zero-order valence-electron chi connectivity index (χ0n) is 27.2. The Morgan fingerprint density at radius 3 is 2.09 bits per heavy atom. The van der Waals surface area contributed by atoms with Crippen molar-refractivity contribution in [2.75, 3.05) is 39.3 Å². The second kappa shape index (κ2) is 18.2. The molecule has 8 heteroatoms. The van der Waals surface area contributed by atoms with E-state index in [9.17, 15) is 14.7 Å². The van der Waals surface area contributed by atoms with E-state index in [1.807, 2.05) is 66.7 Å². The molecular formula is C39H48N4O4. The average molecular weight is 637 g/mol. The molecule has 2 heterocycles. The molecule has 0 spiro atoms. The van der Waals surface area contributed by atoms with Crippen LogP contribution in [-0.2, 0) is 22.4 Å². The minimum Gasteiger partial charge on any atom is -0.490 e. The van der Waals surface area contributed by atoms with Gasteiger partial charge in [-0.1, -0.05) is 66.7 Å². The topological polar surface area (TPSA) is 104 Å². The summed E-state index contributed by atoms with van der Waals surface area (Å²) in [5.41, 5.74) is 3.43. The number of likely N-dealkylation sites (tertiary alicyclic amines) is 1. The Kier molecular flexibility index (Phi) is 13.2. The molecule has 3 N–H and O–H groups in total. The van der Waals surface area contributed by atoms with Crippen molar-refractivity contribution in [2.24, 2.45) is 11.8 Å². The zero-order chi connectivity index (χ0) is 32.7. The normalized spacial score (nSPS) is 17.2. The van der Waals surface area contributed by atoms with Crippen LogP contribution in [0.3, 0.4) is 0 Å². The lowest BCUT2D eigenvalue weighted by Gasteiger charge is -2.37. The van der Waals surface area contributed by atoms with Gasteiger partial charge in [0.1, 0.15) is 18.5 Å². The number of fused-ring (bicyclic) bond motifs is 1. The van der Waals surface area contributed by atoms with E-state index in [-0.39, 0.29) is 18.4 Å². The third kappa shape index (κ3) is 10.6. The van der Waals surface area contributed by atoms with Gasteiger partial charge in [-0.2, -0.15) is 0 Å². The zero-order valence-corrected chi connectivity index (χ0v) is 27.2. The van der Waals surface area contributed by atoms with Gasteiger partial charge in [0.25, 0.3) is 0 Å². The number of rotatable bonds is 17. The second-order valence-corrected chi connectivity index (χ2v) is 12.5. The highest BCUT2D eigenvalue weighted by molar-refractivity contribution is 5.88. The summed E-state index contributed by atoms with van der Waals surface area (Å²) in [5, 5.41) is 18.0. The van der Waals surface area contributed by atoms with Gasteiger partial charge in [0.2, 0.25) is 11.8 Å². The maximum atomic E-state index is 13.5. The number of nitrogens with one attached hydrogen (secondary N) is 2. The number of aryl methyl sites for hydroxylation is 2. The largest absolute Gasteiger partial charge is 0.490 e. The summed E-state index contributed by atoms with van der Waals surface area (Å²) >= 11 is 0. The number of pyridine rings is 1. The van der Waals surface area contributed by atoms with Crippen LogP contribution < -0.4 is 15.4 Å². The number of ether oxygens (including phenoxy) is 1. The first-order chi connectivity index (χ1) is 23.1. The molecule has 1 unspecified atom stereocenters. The summed E-state index contributed by atoms with van der Waals surface area (Å²) < 4.78 is 6.00. The smallest absolute Gasteiger partial charge is 0.225 e. The molecule has 1 aliphatic rings. The molecule has 1 aromatic heterocycles. The first-order valence-corrected chi connectivity index (χ1v) is 17.1. The number of hydrogen-bond donors (Lipinski definition) is 3. The summed E-state index contributed by atoms with van der Waals surface area (Å²) in [7, 11) is 0. The van der Waals surface area contributed by atoms with Crippen LogP contribution >= 0.6 is 0 Å². The van der Waals surface area contributed by atoms with Gasteiger partial charge in [0.05, 0.1) is 17.4 Å². The number of carbonyl (C=O) groups excluding carboxylic acids is 2. The second-order valence-electron chi connectivity index (χ2n) is 12.5. The molecule has 0 radical (unpaired) electrons. The standard InChI is InChI=1S/C39H48N4O4/c44-32(29-47-37-21-11-20-36-34(37)19-12-25-40-36)27-43-26-22-33(38(45)41-23-9-7-17-30-13-3-1-4-14-30)35(28-43)39(46)42-24-10-8-18-31-15-5-2-6-16-31/h1-6,11-16,19-21,25,32-33,35,44H,7-10,17-18,22-24,26-29H2,(H,41,45)(H,42,46)/t32-,33-,35?/m1/s1. The Bertz CT molecular complexity index is 1530. The molecule has 3 aromatic carbocycles. The number of piperidine rings is 1. The number of unbranched alkanes of at least 4 members (excludes halogenated alkanes) is 2. The molecule has 1 fully saturated rings. The van der Waals surface area contributed by atoms with E-state index >= 15 is 0 Å². The van der Waals surface area contributed by atoms with Gasteiger partial charge in [-0.15, -0.1) is 0 Å². The van der Waals surface area contributed by atoms with Gasteiger partial charge >= 0.3 is 0 Å². The molecule has 5 rings (SSSR count). The number of aromatic nitrogens is 1. The molecule has 1 aliphatic heterocycles. The van der Waals surface area contributed by atoms with Crippen molar-refractivity contribution >= 4 is 22.7 Å². The maximum absolute atomic E-state index is 13.5. The summed E-state index contributed by atoms with van der Waals surface area (Å²) in [6, 6.07) is 30.2. The number of benzene rings is 3. The lowest BCUT2D eigenvalue weighted by atomic mass is 9.83. The molecule has 8 nitrogen and oxygen atoms in total. The highest BCUT2D eigenvalue weighted by atomic mass is 16.5. The van der Waals surface area contributed by atoms with E-state index in [1.54, 1.807) is 6.20 Å². The van der Waals surface area contributed by atoms with Gasteiger partial charge < -0.3 is 20.5 Å². The Hall–Kier alpha value is -4.27. The van der Waals surface area contributed by atoms with Crippen molar-refractivity contribution in [3.63, 3.8) is 0 Å². The number of carbonyl (C=O) groups is 2.